The van der Waals surface area contributed by atoms with Crippen LogP contribution in [0.15, 0.2) is 56.5 Å². The van der Waals surface area contributed by atoms with Gasteiger partial charge in [-0.2, -0.15) is 0 Å². The molecule has 0 spiro atoms. The standard InChI is InChI=1S/C19H17BrFN3O4S/c1-3-16(17(25)22-15-9-4-11(20)10-14(15)21)29-18-19(26)28-23-24(18)12-5-7-13(27-2)8-6-12/h4-10,16H,3H2,1-2H3,(H-,22,23,25,26). The maximum atomic E-state index is 14.0. The quantitative estimate of drug-likeness (QED) is 0.410. The Balaban J connectivity index is 1.81. The third kappa shape index (κ3) is 4.88. The van der Waals surface area contributed by atoms with E-state index in [1.165, 1.54) is 16.8 Å². The summed E-state index contributed by atoms with van der Waals surface area (Å²) >= 11 is 4.18. The van der Waals surface area contributed by atoms with Gasteiger partial charge in [-0.15, -0.1) is 0 Å². The molecule has 0 saturated heterocycles. The molecule has 3 rings (SSSR count). The smallest absolute Gasteiger partial charge is 0.298 e. The molecule has 1 N–H and O–H groups in total. The highest BCUT2D eigenvalue weighted by Crippen LogP contribution is 2.30. The zero-order valence-corrected chi connectivity index (χ0v) is 17.9. The van der Waals surface area contributed by atoms with E-state index in [2.05, 4.69) is 26.5 Å². The third-order valence-corrected chi connectivity index (χ3v) is 5.88. The molecule has 0 bridgehead atoms. The van der Waals surface area contributed by atoms with Crippen LogP contribution in [0.5, 0.6) is 11.7 Å². The fourth-order valence-corrected chi connectivity index (χ4v) is 3.79. The van der Waals surface area contributed by atoms with E-state index in [-0.39, 0.29) is 10.7 Å². The number of carbonyl (C=O) groups excluding carboxylic acids is 1. The predicted molar refractivity (Wildman–Crippen MR) is 107 cm³/mol. The van der Waals surface area contributed by atoms with Crippen molar-refractivity contribution in [3.05, 3.63) is 52.8 Å². The van der Waals surface area contributed by atoms with Crippen LogP contribution >= 0.6 is 27.7 Å². The first-order valence-corrected chi connectivity index (χ1v) is 10.3. The Morgan fingerprint density at radius 3 is 2.72 bits per heavy atom. The summed E-state index contributed by atoms with van der Waals surface area (Å²) < 4.78 is 25.8. The summed E-state index contributed by atoms with van der Waals surface area (Å²) in [5.74, 6) is -1.00. The van der Waals surface area contributed by atoms with Crippen molar-refractivity contribution in [1.82, 2.24) is 5.27 Å². The summed E-state index contributed by atoms with van der Waals surface area (Å²) in [5.41, 5.74) is 0.640. The Morgan fingerprint density at radius 1 is 1.38 bits per heavy atom. The van der Waals surface area contributed by atoms with Gasteiger partial charge in [0, 0.05) is 16.6 Å². The number of rotatable bonds is 7. The first-order chi connectivity index (χ1) is 13.9. The molecule has 2 aromatic carbocycles. The van der Waals surface area contributed by atoms with Gasteiger partial charge in [-0.1, -0.05) is 22.9 Å². The zero-order chi connectivity index (χ0) is 21.0. The largest absolute Gasteiger partial charge is 0.538 e. The van der Waals surface area contributed by atoms with Crippen molar-refractivity contribution in [3.8, 4) is 17.4 Å². The number of nitrogens with zero attached hydrogens (tertiary/aromatic N) is 2. The first-order valence-electron chi connectivity index (χ1n) is 8.59. The molecule has 0 saturated carbocycles. The summed E-state index contributed by atoms with van der Waals surface area (Å²) in [7, 11) is 1.55. The molecule has 0 fully saturated rings. The minimum Gasteiger partial charge on any atom is -0.538 e. The lowest BCUT2D eigenvalue weighted by molar-refractivity contribution is -0.705. The number of hydrogen-bond acceptors (Lipinski definition) is 6. The second-order valence-corrected chi connectivity index (χ2v) is 8.01. The van der Waals surface area contributed by atoms with Crippen LogP contribution < -0.4 is 19.8 Å². The summed E-state index contributed by atoms with van der Waals surface area (Å²) in [5, 5.41) is 18.0. The lowest BCUT2D eigenvalue weighted by Crippen LogP contribution is -2.36. The van der Waals surface area contributed by atoms with Crippen molar-refractivity contribution < 1.29 is 28.2 Å². The predicted octanol–water partition coefficient (Wildman–Crippen LogP) is 3.44. The van der Waals surface area contributed by atoms with E-state index in [9.17, 15) is 14.3 Å². The van der Waals surface area contributed by atoms with E-state index in [0.29, 0.717) is 22.3 Å². The second-order valence-electron chi connectivity index (χ2n) is 5.90. The van der Waals surface area contributed by atoms with Gasteiger partial charge in [0.15, 0.2) is 5.95 Å². The number of anilines is 1. The fraction of sp³-hybridized carbons (Fsp3) is 0.211. The average molecular weight is 482 g/mol. The van der Waals surface area contributed by atoms with Gasteiger partial charge < -0.3 is 19.7 Å². The monoisotopic (exact) mass is 481 g/mol. The van der Waals surface area contributed by atoms with Crippen molar-refractivity contribution in [2.24, 2.45) is 0 Å². The number of carbonyl (C=O) groups is 1. The van der Waals surface area contributed by atoms with Crippen LogP contribution in [0.3, 0.4) is 0 Å². The molecule has 1 unspecified atom stereocenters. The Morgan fingerprint density at radius 2 is 2.10 bits per heavy atom. The normalized spacial score (nSPS) is 11.9. The highest BCUT2D eigenvalue weighted by molar-refractivity contribution is 9.10. The van der Waals surface area contributed by atoms with Gasteiger partial charge in [-0.25, -0.2) is 4.39 Å². The maximum absolute atomic E-state index is 14.0. The lowest BCUT2D eigenvalue weighted by Gasteiger charge is -2.13. The lowest BCUT2D eigenvalue weighted by atomic mass is 10.2. The van der Waals surface area contributed by atoms with Crippen LogP contribution in [0, 0.1) is 5.82 Å². The fourth-order valence-electron chi connectivity index (χ4n) is 2.49. The molecule has 0 radical (unpaired) electrons. The van der Waals surface area contributed by atoms with Crippen LogP contribution in [0.2, 0.25) is 0 Å². The molecule has 29 heavy (non-hydrogen) atoms. The topological polar surface area (TPSA) is 91.3 Å². The van der Waals surface area contributed by atoms with E-state index < -0.39 is 22.9 Å². The number of amides is 1. The minimum atomic E-state index is -0.660. The molecule has 7 nitrogen and oxygen atoms in total. The van der Waals surface area contributed by atoms with Crippen LogP contribution in [0.4, 0.5) is 10.1 Å². The molecule has 1 atom stereocenters. The van der Waals surface area contributed by atoms with Crippen LogP contribution in [-0.2, 0) is 4.79 Å². The molecule has 3 aromatic rings. The Bertz CT molecular complexity index is 1010. The van der Waals surface area contributed by atoms with Crippen molar-refractivity contribution in [2.45, 2.75) is 23.6 Å². The summed E-state index contributed by atoms with van der Waals surface area (Å²) in [4.78, 5) is 12.7. The SMILES string of the molecule is CCC(Sc1c([O-])on[n+]1-c1ccc(OC)cc1)C(=O)Nc1ccc(Br)cc1F. The Labute approximate surface area is 179 Å². The van der Waals surface area contributed by atoms with Gasteiger partial charge in [0.1, 0.15) is 11.6 Å². The number of hydrogen-bond donors (Lipinski definition) is 1. The number of thioether (sulfide) groups is 1. The number of ether oxygens (including phenoxy) is 1. The molecule has 10 heteroatoms. The van der Waals surface area contributed by atoms with Crippen molar-refractivity contribution in [3.63, 3.8) is 0 Å². The molecule has 1 heterocycles. The third-order valence-electron chi connectivity index (χ3n) is 4.00. The van der Waals surface area contributed by atoms with Gasteiger partial charge in [-0.05, 0) is 53.2 Å². The van der Waals surface area contributed by atoms with Crippen LogP contribution in [0.1, 0.15) is 13.3 Å². The molecule has 0 aliphatic heterocycles. The van der Waals surface area contributed by atoms with Gasteiger partial charge in [0.25, 0.3) is 5.03 Å². The Hall–Kier alpha value is -2.59. The van der Waals surface area contributed by atoms with E-state index in [4.69, 9.17) is 9.26 Å². The first kappa shape index (κ1) is 21.1. The number of methoxy groups -OCH3 is 1. The van der Waals surface area contributed by atoms with Crippen LogP contribution in [0.25, 0.3) is 5.69 Å². The van der Waals surface area contributed by atoms with Gasteiger partial charge in [0.2, 0.25) is 11.6 Å². The van der Waals surface area contributed by atoms with Crippen LogP contribution in [-0.4, -0.2) is 23.5 Å². The molecular weight excluding hydrogens is 465 g/mol. The van der Waals surface area contributed by atoms with Gasteiger partial charge in [-0.3, -0.25) is 4.79 Å². The average Bonchev–Trinajstić information content (AvgIpc) is 3.08. The highest BCUT2D eigenvalue weighted by Gasteiger charge is 2.28. The number of halogens is 2. The number of aromatic nitrogens is 2. The van der Waals surface area contributed by atoms with E-state index in [1.807, 2.05) is 0 Å². The summed E-state index contributed by atoms with van der Waals surface area (Å²) in [6.07, 6.45) is 0.405. The van der Waals surface area contributed by atoms with Crippen molar-refractivity contribution in [1.29, 1.82) is 0 Å². The van der Waals surface area contributed by atoms with Gasteiger partial charge >= 0.3 is 0 Å². The van der Waals surface area contributed by atoms with E-state index in [1.54, 1.807) is 44.4 Å². The zero-order valence-electron chi connectivity index (χ0n) is 15.5. The Kier molecular flexibility index (Phi) is 6.75. The molecule has 1 amide bonds. The molecule has 1 aromatic heterocycles. The molecule has 152 valence electrons. The minimum absolute atomic E-state index is 0.0629. The second kappa shape index (κ2) is 9.27. The van der Waals surface area contributed by atoms with Gasteiger partial charge in [0.05, 0.1) is 23.3 Å². The molecular formula is C19H17BrFN3O4S. The van der Waals surface area contributed by atoms with E-state index >= 15 is 0 Å². The molecule has 0 aliphatic carbocycles. The molecule has 0 aliphatic rings. The number of benzene rings is 2. The maximum Gasteiger partial charge on any atom is 0.298 e. The highest BCUT2D eigenvalue weighted by atomic mass is 79.9. The number of nitrogens with one attached hydrogen (secondary N) is 1. The van der Waals surface area contributed by atoms with E-state index in [0.717, 1.165) is 11.8 Å². The summed E-state index contributed by atoms with van der Waals surface area (Å²) in [6.45, 7) is 1.80. The van der Waals surface area contributed by atoms with Crippen molar-refractivity contribution in [2.75, 3.05) is 12.4 Å². The van der Waals surface area contributed by atoms with Crippen molar-refractivity contribution >= 4 is 39.3 Å². The summed E-state index contributed by atoms with van der Waals surface area (Å²) in [6, 6.07) is 11.2.